The van der Waals surface area contributed by atoms with E-state index in [0.717, 1.165) is 32.2 Å². The van der Waals surface area contributed by atoms with Crippen molar-refractivity contribution in [3.05, 3.63) is 52.2 Å². The topological polar surface area (TPSA) is 32.3 Å². The van der Waals surface area contributed by atoms with Crippen LogP contribution in [0.1, 0.15) is 30.9 Å². The monoisotopic (exact) mass is 335 g/mol. The van der Waals surface area contributed by atoms with E-state index in [4.69, 9.17) is 0 Å². The Morgan fingerprint density at radius 3 is 2.95 bits per heavy atom. The number of nitrogens with one attached hydrogen (secondary N) is 1. The number of phenols is 1. The smallest absolute Gasteiger partial charge is 0.115 e. The fourth-order valence-electron chi connectivity index (χ4n) is 2.97. The molecule has 0 aliphatic heterocycles. The number of allylic oxidation sites excluding steroid dienone is 1. The molecule has 1 aliphatic rings. The van der Waals surface area contributed by atoms with Gasteiger partial charge < -0.3 is 10.4 Å². The highest BCUT2D eigenvalue weighted by Gasteiger charge is 2.19. The number of aromatic hydroxyl groups is 1. The summed E-state index contributed by atoms with van der Waals surface area (Å²) in [4.78, 5) is 1.84. The van der Waals surface area contributed by atoms with Gasteiger partial charge in [-0.1, -0.05) is 33.6 Å². The predicted octanol–water partition coefficient (Wildman–Crippen LogP) is 4.29. The van der Waals surface area contributed by atoms with E-state index in [-0.39, 0.29) is 0 Å². The molecule has 0 saturated carbocycles. The van der Waals surface area contributed by atoms with Crippen molar-refractivity contribution in [2.24, 2.45) is 5.92 Å². The van der Waals surface area contributed by atoms with Crippen LogP contribution < -0.4 is 5.32 Å². The first-order valence-corrected chi connectivity index (χ1v) is 8.10. The maximum atomic E-state index is 9.65. The quantitative estimate of drug-likeness (QED) is 0.807. The van der Waals surface area contributed by atoms with Gasteiger partial charge in [0.2, 0.25) is 0 Å². The highest BCUT2D eigenvalue weighted by molar-refractivity contribution is 9.11. The summed E-state index contributed by atoms with van der Waals surface area (Å²) in [6.07, 6.45) is 8.61. The minimum Gasteiger partial charge on any atom is -0.508 e. The van der Waals surface area contributed by atoms with Gasteiger partial charge in [-0.2, -0.15) is 0 Å². The van der Waals surface area contributed by atoms with Gasteiger partial charge in [0.25, 0.3) is 0 Å². The first-order chi connectivity index (χ1) is 9.74. The second-order valence-electron chi connectivity index (χ2n) is 5.27. The average molecular weight is 336 g/mol. The van der Waals surface area contributed by atoms with Crippen molar-refractivity contribution in [2.75, 3.05) is 6.54 Å². The number of halogens is 1. The van der Waals surface area contributed by atoms with Crippen molar-refractivity contribution in [2.45, 2.75) is 32.6 Å². The van der Waals surface area contributed by atoms with Crippen LogP contribution >= 0.6 is 15.9 Å². The van der Waals surface area contributed by atoms with E-state index in [9.17, 15) is 5.11 Å². The molecule has 108 valence electrons. The molecule has 2 nitrogen and oxygen atoms in total. The zero-order chi connectivity index (χ0) is 14.4. The Morgan fingerprint density at radius 2 is 2.20 bits per heavy atom. The van der Waals surface area contributed by atoms with Crippen LogP contribution in [0.4, 0.5) is 0 Å². The largest absolute Gasteiger partial charge is 0.508 e. The summed E-state index contributed by atoms with van der Waals surface area (Å²) in [5, 5.41) is 13.0. The molecule has 0 saturated heterocycles. The van der Waals surface area contributed by atoms with Crippen LogP contribution in [0.2, 0.25) is 0 Å². The third kappa shape index (κ3) is 3.89. The van der Waals surface area contributed by atoms with Gasteiger partial charge in [-0.05, 0) is 60.9 Å². The molecule has 2 N–H and O–H groups in total. The van der Waals surface area contributed by atoms with Crippen molar-refractivity contribution in [1.29, 1.82) is 0 Å². The van der Waals surface area contributed by atoms with Gasteiger partial charge in [-0.15, -0.1) is 0 Å². The molecule has 1 aliphatic carbocycles. The first kappa shape index (κ1) is 15.2. The highest BCUT2D eigenvalue weighted by Crippen LogP contribution is 2.29. The van der Waals surface area contributed by atoms with E-state index in [1.165, 1.54) is 11.1 Å². The standard InChI is InChI=1S/C17H22BrNO/c1-2-13-4-3-5-14-11-17(20)7-6-15(14)10-16(13)12-19-9-8-18/h2,6-9,11,16,19-20H,3-5,10,12H2,1H3/b9-8+,13-2-. The van der Waals surface area contributed by atoms with Gasteiger partial charge in [-0.25, -0.2) is 0 Å². The number of fused-ring (bicyclic) bond motifs is 1. The molecule has 0 bridgehead atoms. The Balaban J connectivity index is 2.21. The lowest BCUT2D eigenvalue weighted by Crippen LogP contribution is -2.23. The summed E-state index contributed by atoms with van der Waals surface area (Å²) in [5.74, 6) is 0.903. The minimum atomic E-state index is 0.382. The number of hydrogen-bond acceptors (Lipinski definition) is 2. The van der Waals surface area contributed by atoms with Gasteiger partial charge in [-0.3, -0.25) is 0 Å². The van der Waals surface area contributed by atoms with E-state index in [1.54, 1.807) is 11.6 Å². The van der Waals surface area contributed by atoms with Crippen molar-refractivity contribution in [1.82, 2.24) is 5.32 Å². The van der Waals surface area contributed by atoms with Crippen LogP contribution in [0, 0.1) is 5.92 Å². The van der Waals surface area contributed by atoms with Crippen LogP contribution in [0.5, 0.6) is 5.75 Å². The fraction of sp³-hybridized carbons (Fsp3) is 0.412. The summed E-state index contributed by atoms with van der Waals surface area (Å²) < 4.78 is 0. The molecular formula is C17H22BrNO. The molecule has 0 radical (unpaired) electrons. The molecular weight excluding hydrogens is 314 g/mol. The van der Waals surface area contributed by atoms with Gasteiger partial charge in [0.15, 0.2) is 0 Å². The van der Waals surface area contributed by atoms with Crippen molar-refractivity contribution in [3.8, 4) is 5.75 Å². The lowest BCUT2D eigenvalue weighted by molar-refractivity contribution is 0.472. The van der Waals surface area contributed by atoms with E-state index in [1.807, 2.05) is 17.3 Å². The number of rotatable bonds is 3. The van der Waals surface area contributed by atoms with Crippen LogP contribution in [-0.2, 0) is 12.8 Å². The van der Waals surface area contributed by atoms with E-state index < -0.39 is 0 Å². The van der Waals surface area contributed by atoms with Gasteiger partial charge >= 0.3 is 0 Å². The van der Waals surface area contributed by atoms with Gasteiger partial charge in [0, 0.05) is 18.7 Å². The average Bonchev–Trinajstić information content (AvgIpc) is 2.43. The maximum absolute atomic E-state index is 9.65. The predicted molar refractivity (Wildman–Crippen MR) is 88.1 cm³/mol. The summed E-state index contributed by atoms with van der Waals surface area (Å²) in [6, 6.07) is 5.81. The summed E-state index contributed by atoms with van der Waals surface area (Å²) in [5.41, 5.74) is 4.22. The van der Waals surface area contributed by atoms with Crippen LogP contribution in [-0.4, -0.2) is 11.7 Å². The SMILES string of the molecule is C/C=C1/CCCc2cc(O)ccc2CC1CN/C=C/Br. The minimum absolute atomic E-state index is 0.382. The molecule has 2 rings (SSSR count). The molecule has 1 aromatic rings. The summed E-state index contributed by atoms with van der Waals surface area (Å²) in [7, 11) is 0. The first-order valence-electron chi connectivity index (χ1n) is 7.19. The Bertz CT molecular complexity index is 508. The van der Waals surface area contributed by atoms with Gasteiger partial charge in [0.05, 0.1) is 0 Å². The zero-order valence-electron chi connectivity index (χ0n) is 11.9. The summed E-state index contributed by atoms with van der Waals surface area (Å²) >= 11 is 3.28. The second kappa shape index (κ2) is 7.53. The molecule has 0 spiro atoms. The third-order valence-corrected chi connectivity index (χ3v) is 4.27. The highest BCUT2D eigenvalue weighted by atomic mass is 79.9. The Labute approximate surface area is 129 Å². The second-order valence-corrected chi connectivity index (χ2v) is 5.80. The molecule has 1 aromatic carbocycles. The molecule has 3 heteroatoms. The molecule has 0 amide bonds. The van der Waals surface area contributed by atoms with Crippen molar-refractivity contribution >= 4 is 15.9 Å². The number of aryl methyl sites for hydroxylation is 1. The Kier molecular flexibility index (Phi) is 5.72. The maximum Gasteiger partial charge on any atom is 0.115 e. The lowest BCUT2D eigenvalue weighted by atomic mass is 9.83. The lowest BCUT2D eigenvalue weighted by Gasteiger charge is -2.25. The van der Waals surface area contributed by atoms with Crippen molar-refractivity contribution < 1.29 is 5.11 Å². The molecule has 0 aromatic heterocycles. The molecule has 0 fully saturated rings. The fourth-order valence-corrected chi connectivity index (χ4v) is 3.15. The summed E-state index contributed by atoms with van der Waals surface area (Å²) in [6.45, 7) is 3.09. The molecule has 1 unspecified atom stereocenters. The number of phenolic OH excluding ortho intramolecular Hbond substituents is 1. The van der Waals surface area contributed by atoms with Crippen LogP contribution in [0.25, 0.3) is 0 Å². The Hall–Kier alpha value is -1.22. The number of hydrogen-bond donors (Lipinski definition) is 2. The molecule has 20 heavy (non-hydrogen) atoms. The van der Waals surface area contributed by atoms with E-state index in [2.05, 4.69) is 40.3 Å². The van der Waals surface area contributed by atoms with E-state index >= 15 is 0 Å². The normalized spacial score (nSPS) is 21.5. The number of benzene rings is 1. The van der Waals surface area contributed by atoms with E-state index in [0.29, 0.717) is 11.7 Å². The molecule has 0 heterocycles. The molecule has 1 atom stereocenters. The Morgan fingerprint density at radius 1 is 1.35 bits per heavy atom. The van der Waals surface area contributed by atoms with Crippen LogP contribution in [0.15, 0.2) is 41.0 Å². The van der Waals surface area contributed by atoms with Gasteiger partial charge in [0.1, 0.15) is 5.75 Å². The zero-order valence-corrected chi connectivity index (χ0v) is 13.5. The van der Waals surface area contributed by atoms with Crippen LogP contribution in [0.3, 0.4) is 0 Å². The third-order valence-electron chi connectivity index (χ3n) is 4.01. The van der Waals surface area contributed by atoms with Crippen molar-refractivity contribution in [3.63, 3.8) is 0 Å².